The van der Waals surface area contributed by atoms with Crippen LogP contribution in [0.1, 0.15) is 32.1 Å². The number of nitrogens with zero attached hydrogens (tertiary/aromatic N) is 1. The second kappa shape index (κ2) is 8.66. The largest absolute Gasteiger partial charge is 0.493 e. The third-order valence-corrected chi connectivity index (χ3v) is 6.44. The van der Waals surface area contributed by atoms with E-state index < -0.39 is 0 Å². The van der Waals surface area contributed by atoms with E-state index in [0.29, 0.717) is 6.54 Å². The van der Waals surface area contributed by atoms with Gasteiger partial charge in [0.25, 0.3) is 0 Å². The topological polar surface area (TPSA) is 43.4 Å². The summed E-state index contributed by atoms with van der Waals surface area (Å²) in [6.45, 7) is 4.89. The maximum absolute atomic E-state index is 5.56. The van der Waals surface area contributed by atoms with Crippen molar-refractivity contribution >= 4 is 22.7 Å². The molecule has 6 heteroatoms. The standard InChI is InChI=1S/C20H24N2O2S2/c1-13-14(2)26-20(22-13)17(11-16-8-6-10-25-16)21-12-15-7-5-9-18(23-3)19(15)24-4/h5-10,17,21H,11-12H2,1-4H3/t17-/m1/s1. The molecule has 0 aliphatic carbocycles. The molecular formula is C20H24N2O2S2. The van der Waals surface area contributed by atoms with Gasteiger partial charge < -0.3 is 14.8 Å². The first kappa shape index (κ1) is 18.9. The zero-order valence-corrected chi connectivity index (χ0v) is 17.2. The Bertz CT molecular complexity index is 824. The van der Waals surface area contributed by atoms with Crippen molar-refractivity contribution in [3.63, 3.8) is 0 Å². The molecular weight excluding hydrogens is 364 g/mol. The molecule has 0 aliphatic heterocycles. The van der Waals surface area contributed by atoms with Crippen molar-refractivity contribution in [2.75, 3.05) is 14.2 Å². The Morgan fingerprint density at radius 1 is 1.12 bits per heavy atom. The van der Waals surface area contributed by atoms with E-state index in [4.69, 9.17) is 14.5 Å². The van der Waals surface area contributed by atoms with Crippen molar-refractivity contribution in [2.45, 2.75) is 32.9 Å². The van der Waals surface area contributed by atoms with Crippen LogP contribution in [0.4, 0.5) is 0 Å². The summed E-state index contributed by atoms with van der Waals surface area (Å²) < 4.78 is 11.0. The number of nitrogens with one attached hydrogen (secondary N) is 1. The van der Waals surface area contributed by atoms with Gasteiger partial charge in [-0.3, -0.25) is 0 Å². The van der Waals surface area contributed by atoms with E-state index in [1.54, 1.807) is 36.9 Å². The fraction of sp³-hybridized carbons (Fsp3) is 0.350. The number of ether oxygens (including phenoxy) is 2. The zero-order chi connectivity index (χ0) is 18.5. The number of rotatable bonds is 8. The van der Waals surface area contributed by atoms with Gasteiger partial charge in [0.15, 0.2) is 11.5 Å². The minimum atomic E-state index is 0.168. The highest BCUT2D eigenvalue weighted by Gasteiger charge is 2.19. The van der Waals surface area contributed by atoms with Crippen molar-refractivity contribution in [1.82, 2.24) is 10.3 Å². The zero-order valence-electron chi connectivity index (χ0n) is 15.5. The average Bonchev–Trinajstić information content (AvgIpc) is 3.28. The molecule has 0 unspecified atom stereocenters. The molecule has 26 heavy (non-hydrogen) atoms. The third kappa shape index (κ3) is 4.26. The molecule has 0 amide bonds. The van der Waals surface area contributed by atoms with E-state index in [0.717, 1.165) is 34.2 Å². The lowest BCUT2D eigenvalue weighted by Gasteiger charge is -2.18. The number of thiophene rings is 1. The van der Waals surface area contributed by atoms with E-state index in [1.807, 2.05) is 12.1 Å². The van der Waals surface area contributed by atoms with Gasteiger partial charge >= 0.3 is 0 Å². The number of para-hydroxylation sites is 1. The summed E-state index contributed by atoms with van der Waals surface area (Å²) in [5, 5.41) is 6.93. The average molecular weight is 389 g/mol. The highest BCUT2D eigenvalue weighted by atomic mass is 32.1. The first-order chi connectivity index (χ1) is 12.6. The molecule has 0 aliphatic rings. The molecule has 1 atom stereocenters. The van der Waals surface area contributed by atoms with Gasteiger partial charge in [0.2, 0.25) is 0 Å². The van der Waals surface area contributed by atoms with Crippen LogP contribution in [-0.2, 0) is 13.0 Å². The van der Waals surface area contributed by atoms with Crippen LogP contribution in [0.3, 0.4) is 0 Å². The maximum Gasteiger partial charge on any atom is 0.165 e. The summed E-state index contributed by atoms with van der Waals surface area (Å²) >= 11 is 3.56. The first-order valence-corrected chi connectivity index (χ1v) is 10.2. The number of aryl methyl sites for hydroxylation is 2. The normalized spacial score (nSPS) is 12.2. The summed E-state index contributed by atoms with van der Waals surface area (Å²) in [6.07, 6.45) is 0.927. The highest BCUT2D eigenvalue weighted by molar-refractivity contribution is 7.11. The second-order valence-electron chi connectivity index (χ2n) is 6.06. The van der Waals surface area contributed by atoms with E-state index in [1.165, 1.54) is 9.75 Å². The number of benzene rings is 1. The van der Waals surface area contributed by atoms with Gasteiger partial charge in [-0.15, -0.1) is 22.7 Å². The molecule has 2 heterocycles. The highest BCUT2D eigenvalue weighted by Crippen LogP contribution is 2.32. The summed E-state index contributed by atoms with van der Waals surface area (Å²) in [5.74, 6) is 1.53. The van der Waals surface area contributed by atoms with E-state index in [-0.39, 0.29) is 6.04 Å². The minimum Gasteiger partial charge on any atom is -0.493 e. The lowest BCUT2D eigenvalue weighted by Crippen LogP contribution is -2.23. The predicted octanol–water partition coefficient (Wildman–Crippen LogP) is 4.91. The van der Waals surface area contributed by atoms with Crippen molar-refractivity contribution in [3.8, 4) is 11.5 Å². The Hall–Kier alpha value is -1.89. The SMILES string of the molecule is COc1cccc(CN[C@H](Cc2cccs2)c2nc(C)c(C)s2)c1OC. The van der Waals surface area contributed by atoms with Gasteiger partial charge in [-0.2, -0.15) is 0 Å². The van der Waals surface area contributed by atoms with Gasteiger partial charge in [-0.05, 0) is 31.4 Å². The molecule has 0 fully saturated rings. The van der Waals surface area contributed by atoms with Crippen LogP contribution in [0.25, 0.3) is 0 Å². The lowest BCUT2D eigenvalue weighted by molar-refractivity contribution is 0.349. The second-order valence-corrected chi connectivity index (χ2v) is 8.33. The predicted molar refractivity (Wildman–Crippen MR) is 109 cm³/mol. The van der Waals surface area contributed by atoms with Crippen LogP contribution in [0.2, 0.25) is 0 Å². The van der Waals surface area contributed by atoms with Gasteiger partial charge in [0.1, 0.15) is 5.01 Å². The number of methoxy groups -OCH3 is 2. The number of thiazole rings is 1. The Morgan fingerprint density at radius 2 is 1.96 bits per heavy atom. The van der Waals surface area contributed by atoms with Gasteiger partial charge in [0.05, 0.1) is 26.0 Å². The molecule has 138 valence electrons. The van der Waals surface area contributed by atoms with E-state index in [9.17, 15) is 0 Å². The monoisotopic (exact) mass is 388 g/mol. The van der Waals surface area contributed by atoms with Crippen LogP contribution in [-0.4, -0.2) is 19.2 Å². The maximum atomic E-state index is 5.56. The fourth-order valence-corrected chi connectivity index (χ4v) is 4.60. The van der Waals surface area contributed by atoms with Crippen molar-refractivity contribution in [2.24, 2.45) is 0 Å². The number of hydrogen-bond donors (Lipinski definition) is 1. The molecule has 1 aromatic carbocycles. The number of aromatic nitrogens is 1. The van der Waals surface area contributed by atoms with E-state index >= 15 is 0 Å². The summed E-state index contributed by atoms with van der Waals surface area (Å²) in [5.41, 5.74) is 2.19. The van der Waals surface area contributed by atoms with Crippen molar-refractivity contribution in [1.29, 1.82) is 0 Å². The quantitative estimate of drug-likeness (QED) is 0.595. The molecule has 0 radical (unpaired) electrons. The molecule has 0 bridgehead atoms. The summed E-state index contributed by atoms with van der Waals surface area (Å²) in [4.78, 5) is 7.41. The van der Waals surface area contributed by atoms with E-state index in [2.05, 4.69) is 42.7 Å². The molecule has 0 saturated carbocycles. The van der Waals surface area contributed by atoms with Crippen LogP contribution >= 0.6 is 22.7 Å². The Labute approximate surface area is 162 Å². The Morgan fingerprint density at radius 3 is 2.58 bits per heavy atom. The molecule has 2 aromatic heterocycles. The fourth-order valence-electron chi connectivity index (χ4n) is 2.85. The van der Waals surface area contributed by atoms with Crippen molar-refractivity contribution in [3.05, 3.63) is 61.7 Å². The lowest BCUT2D eigenvalue weighted by atomic mass is 10.1. The summed E-state index contributed by atoms with van der Waals surface area (Å²) in [6, 6.07) is 10.4. The first-order valence-electron chi connectivity index (χ1n) is 8.52. The smallest absolute Gasteiger partial charge is 0.165 e. The minimum absolute atomic E-state index is 0.168. The Kier molecular flexibility index (Phi) is 6.29. The van der Waals surface area contributed by atoms with Crippen LogP contribution < -0.4 is 14.8 Å². The molecule has 4 nitrogen and oxygen atoms in total. The van der Waals surface area contributed by atoms with Crippen LogP contribution in [0.5, 0.6) is 11.5 Å². The molecule has 0 saturated heterocycles. The number of hydrogen-bond acceptors (Lipinski definition) is 6. The van der Waals surface area contributed by atoms with Crippen LogP contribution in [0, 0.1) is 13.8 Å². The van der Waals surface area contributed by atoms with Gasteiger partial charge in [-0.1, -0.05) is 18.2 Å². The van der Waals surface area contributed by atoms with Crippen molar-refractivity contribution < 1.29 is 9.47 Å². The third-order valence-electron chi connectivity index (χ3n) is 4.35. The molecule has 3 aromatic rings. The van der Waals surface area contributed by atoms with Gasteiger partial charge in [0, 0.05) is 28.3 Å². The molecule has 3 rings (SSSR count). The summed E-state index contributed by atoms with van der Waals surface area (Å²) in [7, 11) is 3.34. The molecule has 0 spiro atoms. The van der Waals surface area contributed by atoms with Crippen LogP contribution in [0.15, 0.2) is 35.7 Å². The van der Waals surface area contributed by atoms with Gasteiger partial charge in [-0.25, -0.2) is 4.98 Å². The molecule has 1 N–H and O–H groups in total. The Balaban J connectivity index is 1.82.